The number of nitrogens with zero attached hydrogens (tertiary/aromatic N) is 7. The van der Waals surface area contributed by atoms with Gasteiger partial charge in [-0.2, -0.15) is 0 Å². The topological polar surface area (TPSA) is 61.5 Å². The minimum atomic E-state index is 0.773. The number of benzene rings is 1. The van der Waals surface area contributed by atoms with Gasteiger partial charge in [-0.25, -0.2) is 9.13 Å². The van der Waals surface area contributed by atoms with Gasteiger partial charge >= 0.3 is 5.95 Å². The Labute approximate surface area is 117 Å². The first-order valence-electron chi connectivity index (χ1n) is 6.18. The second kappa shape index (κ2) is 6.05. The summed E-state index contributed by atoms with van der Waals surface area (Å²) in [5.74, 6) is 0.779. The Balaban J connectivity index is 2.11. The largest absolute Gasteiger partial charge is 0.421 e. The maximum atomic E-state index is 4.23. The lowest BCUT2D eigenvalue weighted by atomic mass is 10.3. The van der Waals surface area contributed by atoms with Crippen LogP contribution in [-0.2, 0) is 14.1 Å². The van der Waals surface area contributed by atoms with E-state index < -0.39 is 0 Å². The molecular weight excluding hydrogens is 254 g/mol. The molecule has 1 aromatic carbocycles. The van der Waals surface area contributed by atoms with Gasteiger partial charge < -0.3 is 0 Å². The van der Waals surface area contributed by atoms with E-state index in [9.17, 15) is 0 Å². The molecule has 7 heteroatoms. The summed E-state index contributed by atoms with van der Waals surface area (Å²) >= 11 is 0. The maximum absolute atomic E-state index is 4.23. The van der Waals surface area contributed by atoms with Crippen molar-refractivity contribution < 1.29 is 4.57 Å². The van der Waals surface area contributed by atoms with Crippen molar-refractivity contribution in [1.82, 2.24) is 9.58 Å². The van der Waals surface area contributed by atoms with Gasteiger partial charge in [0, 0.05) is 19.2 Å². The fourth-order valence-electron chi connectivity index (χ4n) is 1.55. The van der Waals surface area contributed by atoms with Crippen LogP contribution < -0.4 is 4.57 Å². The highest BCUT2D eigenvalue weighted by molar-refractivity contribution is 5.46. The second-order valence-corrected chi connectivity index (χ2v) is 4.57. The molecule has 2 aromatic rings. The molecule has 0 fully saturated rings. The van der Waals surface area contributed by atoms with Crippen molar-refractivity contribution in [2.45, 2.75) is 0 Å². The molecule has 0 bridgehead atoms. The molecule has 0 saturated carbocycles. The second-order valence-electron chi connectivity index (χ2n) is 4.57. The fraction of sp³-hybridized carbons (Fsp3) is 0.308. The molecule has 0 radical (unpaired) electrons. The molecule has 20 heavy (non-hydrogen) atoms. The molecule has 0 aliphatic heterocycles. The van der Waals surface area contributed by atoms with Gasteiger partial charge in [-0.05, 0) is 24.3 Å². The summed E-state index contributed by atoms with van der Waals surface area (Å²) in [5, 5.41) is 18.1. The van der Waals surface area contributed by atoms with Crippen molar-refractivity contribution in [1.29, 1.82) is 0 Å². The Morgan fingerprint density at radius 2 is 1.60 bits per heavy atom. The molecule has 0 N–H and O–H groups in total. The number of azo groups is 1. The van der Waals surface area contributed by atoms with Crippen LogP contribution in [0.2, 0.25) is 0 Å². The van der Waals surface area contributed by atoms with Gasteiger partial charge in [0.05, 0.1) is 32.2 Å². The van der Waals surface area contributed by atoms with E-state index >= 15 is 0 Å². The van der Waals surface area contributed by atoms with Crippen molar-refractivity contribution in [3.63, 3.8) is 0 Å². The molecule has 1 aromatic heterocycles. The fourth-order valence-corrected chi connectivity index (χ4v) is 1.55. The number of aromatic nitrogens is 2. The SMILES string of the molecule is CN(C)/N=N\c1ccc(/N=N/c2n(C)cc[n+]2C)cc1. The standard InChI is InChI=1S/C13H18N7/c1-18(2)17-15-12-7-5-11(6-8-12)14-16-13-19(3)9-10-20(13)4/h5-10H,1-4H3/q+1. The maximum Gasteiger partial charge on any atom is 0.421 e. The lowest BCUT2D eigenvalue weighted by Crippen LogP contribution is -2.25. The summed E-state index contributed by atoms with van der Waals surface area (Å²) in [5.41, 5.74) is 1.55. The number of imidazole rings is 1. The van der Waals surface area contributed by atoms with E-state index in [-0.39, 0.29) is 0 Å². The van der Waals surface area contributed by atoms with Gasteiger partial charge in [-0.3, -0.25) is 5.01 Å². The minimum absolute atomic E-state index is 0.773. The summed E-state index contributed by atoms with van der Waals surface area (Å²) in [6.07, 6.45) is 3.86. The third kappa shape index (κ3) is 3.47. The van der Waals surface area contributed by atoms with Crippen molar-refractivity contribution in [3.8, 4) is 0 Å². The monoisotopic (exact) mass is 272 g/mol. The van der Waals surface area contributed by atoms with Crippen LogP contribution in [-0.4, -0.2) is 23.7 Å². The zero-order valence-electron chi connectivity index (χ0n) is 12.1. The summed E-state index contributed by atoms with van der Waals surface area (Å²) in [7, 11) is 7.51. The van der Waals surface area contributed by atoms with Crippen molar-refractivity contribution in [3.05, 3.63) is 36.7 Å². The number of hydrogen-bond donors (Lipinski definition) is 0. The molecule has 0 aliphatic rings. The Kier molecular flexibility index (Phi) is 4.19. The number of rotatable bonds is 4. The lowest BCUT2D eigenvalue weighted by Gasteiger charge is -1.99. The van der Waals surface area contributed by atoms with Crippen LogP contribution >= 0.6 is 0 Å². The van der Waals surface area contributed by atoms with Gasteiger partial charge in [0.2, 0.25) is 0 Å². The van der Waals surface area contributed by atoms with Crippen molar-refractivity contribution >= 4 is 17.3 Å². The highest BCUT2D eigenvalue weighted by Crippen LogP contribution is 2.20. The van der Waals surface area contributed by atoms with Gasteiger partial charge in [0.25, 0.3) is 0 Å². The quantitative estimate of drug-likeness (QED) is 0.479. The summed E-state index contributed by atoms with van der Waals surface area (Å²) in [4.78, 5) is 0. The molecule has 104 valence electrons. The summed E-state index contributed by atoms with van der Waals surface area (Å²) < 4.78 is 3.81. The summed E-state index contributed by atoms with van der Waals surface area (Å²) in [6, 6.07) is 7.42. The normalized spacial score (nSPS) is 11.6. The van der Waals surface area contributed by atoms with Crippen LogP contribution in [0.5, 0.6) is 0 Å². The number of hydrogen-bond acceptors (Lipinski definition) is 4. The molecule has 7 nitrogen and oxygen atoms in total. The Morgan fingerprint density at radius 1 is 1.00 bits per heavy atom. The first-order chi connectivity index (χ1) is 9.56. The van der Waals surface area contributed by atoms with Crippen LogP contribution in [0.1, 0.15) is 0 Å². The summed E-state index contributed by atoms with van der Waals surface area (Å²) in [6.45, 7) is 0. The Hall–Kier alpha value is -2.57. The van der Waals surface area contributed by atoms with Crippen molar-refractivity contribution in [2.75, 3.05) is 14.1 Å². The third-order valence-electron chi connectivity index (χ3n) is 2.59. The average Bonchev–Trinajstić information content (AvgIpc) is 2.75. The zero-order valence-corrected chi connectivity index (χ0v) is 12.1. The predicted molar refractivity (Wildman–Crippen MR) is 75.4 cm³/mol. The van der Waals surface area contributed by atoms with E-state index in [4.69, 9.17) is 0 Å². The van der Waals surface area contributed by atoms with Gasteiger partial charge in [0.15, 0.2) is 0 Å². The van der Waals surface area contributed by atoms with Gasteiger partial charge in [0.1, 0.15) is 5.69 Å². The molecule has 2 rings (SSSR count). The van der Waals surface area contributed by atoms with E-state index in [2.05, 4.69) is 20.6 Å². The first-order valence-corrected chi connectivity index (χ1v) is 6.18. The van der Waals surface area contributed by atoms with Gasteiger partial charge in [-0.1, -0.05) is 10.3 Å². The molecule has 0 saturated heterocycles. The van der Waals surface area contributed by atoms with Crippen LogP contribution in [0, 0.1) is 0 Å². The van der Waals surface area contributed by atoms with E-state index in [0.717, 1.165) is 17.3 Å². The number of aryl methyl sites for hydroxylation is 2. The Bertz CT molecular complexity index is 603. The van der Waals surface area contributed by atoms with Crippen molar-refractivity contribution in [2.24, 2.45) is 34.7 Å². The minimum Gasteiger partial charge on any atom is -0.285 e. The van der Waals surface area contributed by atoms with E-state index in [1.54, 1.807) is 5.01 Å². The molecule has 0 atom stereocenters. The molecule has 1 heterocycles. The van der Waals surface area contributed by atoms with Gasteiger partial charge in [-0.15, -0.1) is 5.11 Å². The molecule has 0 amide bonds. The molecule has 0 spiro atoms. The zero-order chi connectivity index (χ0) is 14.5. The van der Waals surface area contributed by atoms with Crippen LogP contribution in [0.15, 0.2) is 57.2 Å². The lowest BCUT2D eigenvalue weighted by molar-refractivity contribution is -0.657. The Morgan fingerprint density at radius 3 is 2.10 bits per heavy atom. The van der Waals surface area contributed by atoms with E-state index in [0.29, 0.717) is 0 Å². The third-order valence-corrected chi connectivity index (χ3v) is 2.59. The van der Waals surface area contributed by atoms with E-state index in [1.807, 2.05) is 74.0 Å². The van der Waals surface area contributed by atoms with Crippen LogP contribution in [0.4, 0.5) is 17.3 Å². The van der Waals surface area contributed by atoms with E-state index in [1.165, 1.54) is 0 Å². The average molecular weight is 272 g/mol. The van der Waals surface area contributed by atoms with Crippen LogP contribution in [0.25, 0.3) is 0 Å². The molecule has 0 unspecified atom stereocenters. The first kappa shape index (κ1) is 13.9. The highest BCUT2D eigenvalue weighted by Gasteiger charge is 2.09. The predicted octanol–water partition coefficient (Wildman–Crippen LogP) is 2.83. The molecule has 0 aliphatic carbocycles. The molecular formula is C13H18N7+. The highest BCUT2D eigenvalue weighted by atomic mass is 15.5. The smallest absolute Gasteiger partial charge is 0.285 e. The van der Waals surface area contributed by atoms with Crippen LogP contribution in [0.3, 0.4) is 0 Å².